The number of rotatable bonds is 7. The maximum Gasteiger partial charge on any atom is 0.231 e. The summed E-state index contributed by atoms with van der Waals surface area (Å²) in [5.41, 5.74) is 2.67. The van der Waals surface area contributed by atoms with Gasteiger partial charge in [-0.25, -0.2) is 0 Å². The second-order valence-corrected chi connectivity index (χ2v) is 6.06. The van der Waals surface area contributed by atoms with Crippen LogP contribution in [0.4, 0.5) is 0 Å². The van der Waals surface area contributed by atoms with Gasteiger partial charge in [0.15, 0.2) is 17.5 Å². The normalized spacial score (nSPS) is 16.5. The highest BCUT2D eigenvalue weighted by Crippen LogP contribution is 2.32. The van der Waals surface area contributed by atoms with Gasteiger partial charge in [0, 0.05) is 19.6 Å². The zero-order valence-corrected chi connectivity index (χ0v) is 14.8. The lowest BCUT2D eigenvalue weighted by Crippen LogP contribution is -2.38. The molecular weight excluding hydrogens is 318 g/mol. The van der Waals surface area contributed by atoms with Crippen LogP contribution in [0.1, 0.15) is 25.3 Å². The molecule has 2 N–H and O–H groups in total. The fraction of sp³-hybridized carbons (Fsp3) is 0.526. The molecule has 0 saturated carbocycles. The molecule has 0 unspecified atom stereocenters. The van der Waals surface area contributed by atoms with E-state index >= 15 is 0 Å². The monoisotopic (exact) mass is 345 g/mol. The zero-order valence-electron chi connectivity index (χ0n) is 14.8. The highest BCUT2D eigenvalue weighted by molar-refractivity contribution is 5.79. The van der Waals surface area contributed by atoms with Crippen molar-refractivity contribution in [1.29, 1.82) is 0 Å². The maximum atomic E-state index is 5.42. The Morgan fingerprint density at radius 3 is 2.92 bits per heavy atom. The fourth-order valence-electron chi connectivity index (χ4n) is 2.87. The van der Waals surface area contributed by atoms with Gasteiger partial charge in [-0.05, 0) is 43.9 Å². The average Bonchev–Trinajstić information content (AvgIpc) is 3.10. The van der Waals surface area contributed by atoms with Crippen LogP contribution in [0.2, 0.25) is 0 Å². The molecule has 0 spiro atoms. The summed E-state index contributed by atoms with van der Waals surface area (Å²) < 4.78 is 16.1. The summed E-state index contributed by atoms with van der Waals surface area (Å²) in [5, 5.41) is 6.70. The van der Waals surface area contributed by atoms with E-state index in [0.717, 1.165) is 69.6 Å². The summed E-state index contributed by atoms with van der Waals surface area (Å²) in [7, 11) is 0. The van der Waals surface area contributed by atoms with Gasteiger partial charge in [0.25, 0.3) is 0 Å². The standard InChI is InChI=1S/C19H27N3O3/c1-2-20-19(21-9-5-15-7-11-23-12-8-15)22-10-6-16-3-4-17-18(13-16)25-14-24-17/h3-4,7,13H,2,5-6,8-12,14H2,1H3,(H2,20,21,22). The molecule has 0 atom stereocenters. The highest BCUT2D eigenvalue weighted by Gasteiger charge is 2.13. The van der Waals surface area contributed by atoms with Crippen LogP contribution in [0.5, 0.6) is 11.5 Å². The highest BCUT2D eigenvalue weighted by atomic mass is 16.7. The lowest BCUT2D eigenvalue weighted by atomic mass is 10.1. The Hall–Kier alpha value is -2.21. The van der Waals surface area contributed by atoms with Gasteiger partial charge in [0.05, 0.1) is 13.2 Å². The van der Waals surface area contributed by atoms with Crippen molar-refractivity contribution in [1.82, 2.24) is 10.6 Å². The van der Waals surface area contributed by atoms with Crippen molar-refractivity contribution in [3.05, 3.63) is 35.4 Å². The second-order valence-electron chi connectivity index (χ2n) is 6.06. The van der Waals surface area contributed by atoms with Crippen molar-refractivity contribution in [2.24, 2.45) is 4.99 Å². The summed E-state index contributed by atoms with van der Waals surface area (Å²) in [4.78, 5) is 4.66. The minimum atomic E-state index is 0.316. The van der Waals surface area contributed by atoms with Crippen LogP contribution >= 0.6 is 0 Å². The maximum absolute atomic E-state index is 5.42. The summed E-state index contributed by atoms with van der Waals surface area (Å²) in [5.74, 6) is 2.53. The molecule has 0 aromatic heterocycles. The minimum Gasteiger partial charge on any atom is -0.454 e. The molecule has 0 saturated heterocycles. The first-order chi connectivity index (χ1) is 12.3. The van der Waals surface area contributed by atoms with Gasteiger partial charge in [0.1, 0.15) is 0 Å². The smallest absolute Gasteiger partial charge is 0.231 e. The fourth-order valence-corrected chi connectivity index (χ4v) is 2.87. The van der Waals surface area contributed by atoms with Gasteiger partial charge in [-0.1, -0.05) is 17.7 Å². The van der Waals surface area contributed by atoms with E-state index in [2.05, 4.69) is 34.7 Å². The van der Waals surface area contributed by atoms with E-state index in [-0.39, 0.29) is 0 Å². The predicted molar refractivity (Wildman–Crippen MR) is 98.4 cm³/mol. The van der Waals surface area contributed by atoms with Crippen LogP contribution in [0.25, 0.3) is 0 Å². The number of nitrogens with zero attached hydrogens (tertiary/aromatic N) is 1. The van der Waals surface area contributed by atoms with Crippen LogP contribution in [-0.2, 0) is 11.2 Å². The molecule has 25 heavy (non-hydrogen) atoms. The molecule has 1 aromatic carbocycles. The van der Waals surface area contributed by atoms with Crippen molar-refractivity contribution in [2.45, 2.75) is 26.2 Å². The Labute approximate surface area is 149 Å². The Bertz CT molecular complexity index is 628. The van der Waals surface area contributed by atoms with E-state index in [9.17, 15) is 0 Å². The zero-order chi connectivity index (χ0) is 17.3. The Kier molecular flexibility index (Phi) is 6.56. The van der Waals surface area contributed by atoms with Crippen molar-refractivity contribution in [3.63, 3.8) is 0 Å². The summed E-state index contributed by atoms with van der Waals surface area (Å²) in [6.07, 6.45) is 5.12. The van der Waals surface area contributed by atoms with E-state index in [0.29, 0.717) is 6.79 Å². The number of benzene rings is 1. The topological polar surface area (TPSA) is 64.1 Å². The Morgan fingerprint density at radius 2 is 2.08 bits per heavy atom. The largest absolute Gasteiger partial charge is 0.454 e. The van der Waals surface area contributed by atoms with Crippen LogP contribution < -0.4 is 20.1 Å². The molecule has 2 heterocycles. The first-order valence-corrected chi connectivity index (χ1v) is 9.01. The molecule has 0 amide bonds. The summed E-state index contributed by atoms with van der Waals surface area (Å²) >= 11 is 0. The first-order valence-electron chi connectivity index (χ1n) is 9.01. The third-order valence-electron chi connectivity index (χ3n) is 4.25. The molecule has 6 nitrogen and oxygen atoms in total. The molecule has 0 bridgehead atoms. The summed E-state index contributed by atoms with van der Waals surface area (Å²) in [6, 6.07) is 6.10. The van der Waals surface area contributed by atoms with Gasteiger partial charge in [-0.15, -0.1) is 0 Å². The van der Waals surface area contributed by atoms with Gasteiger partial charge < -0.3 is 24.8 Å². The van der Waals surface area contributed by atoms with Gasteiger partial charge >= 0.3 is 0 Å². The number of hydrogen-bond acceptors (Lipinski definition) is 4. The van der Waals surface area contributed by atoms with E-state index in [4.69, 9.17) is 14.2 Å². The second kappa shape index (κ2) is 9.32. The number of nitrogens with one attached hydrogen (secondary N) is 2. The van der Waals surface area contributed by atoms with Crippen LogP contribution in [-0.4, -0.2) is 45.6 Å². The van der Waals surface area contributed by atoms with E-state index < -0.39 is 0 Å². The van der Waals surface area contributed by atoms with Gasteiger partial charge in [-0.3, -0.25) is 4.99 Å². The molecule has 136 valence electrons. The van der Waals surface area contributed by atoms with Crippen molar-refractivity contribution < 1.29 is 14.2 Å². The lowest BCUT2D eigenvalue weighted by Gasteiger charge is -2.14. The SMILES string of the molecule is CCNC(=NCCC1=CCOCC1)NCCc1ccc2c(c1)OCO2. The number of ether oxygens (including phenoxy) is 3. The number of aliphatic imine (C=N–C) groups is 1. The van der Waals surface area contributed by atoms with E-state index in [1.54, 1.807) is 0 Å². The molecule has 1 aromatic rings. The molecule has 2 aliphatic rings. The third kappa shape index (κ3) is 5.39. The van der Waals surface area contributed by atoms with Gasteiger partial charge in [-0.2, -0.15) is 0 Å². The first kappa shape index (κ1) is 17.6. The molecule has 0 aliphatic carbocycles. The van der Waals surface area contributed by atoms with E-state index in [1.165, 1.54) is 11.1 Å². The third-order valence-corrected chi connectivity index (χ3v) is 4.25. The molecule has 0 fully saturated rings. The molecular formula is C19H27N3O3. The molecule has 3 rings (SSSR count). The van der Waals surface area contributed by atoms with Crippen LogP contribution in [0, 0.1) is 0 Å². The number of guanidine groups is 1. The van der Waals surface area contributed by atoms with Crippen molar-refractivity contribution >= 4 is 5.96 Å². The minimum absolute atomic E-state index is 0.316. The lowest BCUT2D eigenvalue weighted by molar-refractivity contribution is 0.153. The number of fused-ring (bicyclic) bond motifs is 1. The van der Waals surface area contributed by atoms with Gasteiger partial charge in [0.2, 0.25) is 6.79 Å². The average molecular weight is 345 g/mol. The summed E-state index contributed by atoms with van der Waals surface area (Å²) in [6.45, 7) is 6.45. The Morgan fingerprint density at radius 1 is 1.16 bits per heavy atom. The van der Waals surface area contributed by atoms with E-state index in [1.807, 2.05) is 12.1 Å². The van der Waals surface area contributed by atoms with Crippen molar-refractivity contribution in [3.8, 4) is 11.5 Å². The molecule has 0 radical (unpaired) electrons. The molecule has 2 aliphatic heterocycles. The molecule has 6 heteroatoms. The van der Waals surface area contributed by atoms with Crippen LogP contribution in [0.15, 0.2) is 34.8 Å². The Balaban J connectivity index is 1.44. The van der Waals surface area contributed by atoms with Crippen LogP contribution in [0.3, 0.4) is 0 Å². The predicted octanol–water partition coefficient (Wildman–Crippen LogP) is 2.25. The van der Waals surface area contributed by atoms with Crippen molar-refractivity contribution in [2.75, 3.05) is 39.6 Å². The number of hydrogen-bond donors (Lipinski definition) is 2. The quantitative estimate of drug-likeness (QED) is 0.451.